The summed E-state index contributed by atoms with van der Waals surface area (Å²) in [6.45, 7) is 0. The monoisotopic (exact) mass is 517 g/mol. The van der Waals surface area contributed by atoms with Crippen molar-refractivity contribution >= 4 is 33.5 Å². The van der Waals surface area contributed by atoms with Gasteiger partial charge in [-0.3, -0.25) is 4.79 Å². The fourth-order valence-corrected chi connectivity index (χ4v) is 5.59. The normalized spacial score (nSPS) is 15.4. The Morgan fingerprint density at radius 3 is 2.14 bits per heavy atom. The first-order valence-corrected chi connectivity index (χ1v) is 14.3. The minimum atomic E-state index is -3.24. The summed E-state index contributed by atoms with van der Waals surface area (Å²) in [5.41, 5.74) is 3.84. The number of carboxylic acid groups (broad SMARTS) is 1. The molecular formula is C30H31NO5S. The van der Waals surface area contributed by atoms with E-state index in [1.54, 1.807) is 42.5 Å². The van der Waals surface area contributed by atoms with Crippen molar-refractivity contribution in [1.82, 2.24) is 0 Å². The Kier molecular flexibility index (Phi) is 7.93. The Bertz CT molecular complexity index is 1400. The number of anilines is 1. The van der Waals surface area contributed by atoms with Crippen molar-refractivity contribution in [3.63, 3.8) is 0 Å². The maximum absolute atomic E-state index is 13.6. The van der Waals surface area contributed by atoms with Crippen LogP contribution in [0.2, 0.25) is 0 Å². The summed E-state index contributed by atoms with van der Waals surface area (Å²) in [4.78, 5) is 24.7. The Morgan fingerprint density at radius 1 is 0.919 bits per heavy atom. The topological polar surface area (TPSA) is 101 Å². The van der Waals surface area contributed by atoms with Crippen molar-refractivity contribution in [3.05, 3.63) is 90.0 Å². The van der Waals surface area contributed by atoms with Crippen LogP contribution in [0.1, 0.15) is 43.2 Å². The Balaban J connectivity index is 1.51. The number of rotatable bonds is 8. The molecule has 1 aliphatic rings. The lowest BCUT2D eigenvalue weighted by Gasteiger charge is -2.36. The number of benzene rings is 3. The van der Waals surface area contributed by atoms with Crippen LogP contribution in [0.3, 0.4) is 0 Å². The second-order valence-electron chi connectivity index (χ2n) is 9.76. The molecule has 0 radical (unpaired) electrons. The highest BCUT2D eigenvalue weighted by atomic mass is 32.2. The van der Waals surface area contributed by atoms with Gasteiger partial charge in [0, 0.05) is 18.0 Å². The first kappa shape index (κ1) is 26.4. The number of nitrogens with one attached hydrogen (secondary N) is 1. The third-order valence-corrected chi connectivity index (χ3v) is 8.10. The van der Waals surface area contributed by atoms with E-state index >= 15 is 0 Å². The predicted octanol–water partition coefficient (Wildman–Crippen LogP) is 5.99. The Hall–Kier alpha value is -3.71. The summed E-state index contributed by atoms with van der Waals surface area (Å²) in [5.74, 6) is -1.03. The molecule has 1 saturated carbocycles. The van der Waals surface area contributed by atoms with Gasteiger partial charge in [0.2, 0.25) is 5.91 Å². The number of sulfone groups is 1. The van der Waals surface area contributed by atoms with Gasteiger partial charge in [0.25, 0.3) is 0 Å². The average Bonchev–Trinajstić information content (AvgIpc) is 2.88. The molecule has 1 amide bonds. The van der Waals surface area contributed by atoms with E-state index in [0.29, 0.717) is 22.6 Å². The lowest BCUT2D eigenvalue weighted by molar-refractivity contribution is -0.131. The van der Waals surface area contributed by atoms with Crippen LogP contribution in [0.5, 0.6) is 0 Å². The van der Waals surface area contributed by atoms with Crippen molar-refractivity contribution in [2.45, 2.75) is 43.4 Å². The van der Waals surface area contributed by atoms with Gasteiger partial charge in [0.1, 0.15) is 0 Å². The van der Waals surface area contributed by atoms with E-state index in [1.165, 1.54) is 12.3 Å². The van der Waals surface area contributed by atoms with Crippen LogP contribution in [0.15, 0.2) is 83.8 Å². The highest BCUT2D eigenvalue weighted by Gasteiger charge is 2.39. The van der Waals surface area contributed by atoms with E-state index < -0.39 is 21.2 Å². The molecule has 192 valence electrons. The van der Waals surface area contributed by atoms with Gasteiger partial charge < -0.3 is 10.4 Å². The molecule has 0 aromatic heterocycles. The highest BCUT2D eigenvalue weighted by molar-refractivity contribution is 7.90. The van der Waals surface area contributed by atoms with Crippen LogP contribution in [0.25, 0.3) is 17.2 Å². The molecular weight excluding hydrogens is 486 g/mol. The number of carbonyl (C=O) groups is 2. The van der Waals surface area contributed by atoms with Crippen LogP contribution in [0.4, 0.5) is 5.69 Å². The van der Waals surface area contributed by atoms with E-state index in [0.717, 1.165) is 54.9 Å². The van der Waals surface area contributed by atoms with Gasteiger partial charge in [0.15, 0.2) is 9.84 Å². The molecule has 37 heavy (non-hydrogen) atoms. The quantitative estimate of drug-likeness (QED) is 0.358. The fraction of sp³-hybridized carbons (Fsp3) is 0.267. The minimum absolute atomic E-state index is 0.00740. The fourth-order valence-electron chi connectivity index (χ4n) is 4.96. The van der Waals surface area contributed by atoms with Crippen molar-refractivity contribution in [2.24, 2.45) is 5.41 Å². The number of amides is 1. The van der Waals surface area contributed by atoms with E-state index in [2.05, 4.69) is 5.32 Å². The molecule has 0 heterocycles. The zero-order chi connectivity index (χ0) is 26.5. The van der Waals surface area contributed by atoms with Gasteiger partial charge >= 0.3 is 5.97 Å². The third-order valence-electron chi connectivity index (χ3n) is 6.97. The molecule has 7 heteroatoms. The molecule has 0 unspecified atom stereocenters. The Labute approximate surface area is 218 Å². The van der Waals surface area contributed by atoms with Crippen molar-refractivity contribution in [1.29, 1.82) is 0 Å². The van der Waals surface area contributed by atoms with Crippen molar-refractivity contribution in [3.8, 4) is 11.1 Å². The van der Waals surface area contributed by atoms with E-state index in [4.69, 9.17) is 5.11 Å². The second kappa shape index (κ2) is 11.1. The van der Waals surface area contributed by atoms with Crippen LogP contribution in [-0.4, -0.2) is 31.7 Å². The van der Waals surface area contributed by atoms with Gasteiger partial charge in [-0.2, -0.15) is 0 Å². The maximum Gasteiger partial charge on any atom is 0.328 e. The molecule has 1 aliphatic carbocycles. The highest BCUT2D eigenvalue weighted by Crippen LogP contribution is 2.40. The summed E-state index contributed by atoms with van der Waals surface area (Å²) < 4.78 is 23.5. The van der Waals surface area contributed by atoms with E-state index in [9.17, 15) is 18.0 Å². The molecule has 0 bridgehead atoms. The van der Waals surface area contributed by atoms with Crippen LogP contribution >= 0.6 is 0 Å². The molecule has 0 atom stereocenters. The molecule has 2 N–H and O–H groups in total. The predicted molar refractivity (Wildman–Crippen MR) is 146 cm³/mol. The molecule has 0 aliphatic heterocycles. The van der Waals surface area contributed by atoms with Gasteiger partial charge in [0.05, 0.1) is 10.3 Å². The summed E-state index contributed by atoms with van der Waals surface area (Å²) >= 11 is 0. The molecule has 6 nitrogen and oxygen atoms in total. The van der Waals surface area contributed by atoms with Crippen molar-refractivity contribution < 1.29 is 23.1 Å². The zero-order valence-electron chi connectivity index (χ0n) is 20.8. The van der Waals surface area contributed by atoms with Crippen LogP contribution < -0.4 is 5.32 Å². The van der Waals surface area contributed by atoms with E-state index in [1.807, 2.05) is 30.3 Å². The van der Waals surface area contributed by atoms with Gasteiger partial charge in [-0.15, -0.1) is 0 Å². The molecule has 3 aromatic rings. The standard InChI is InChI=1S/C30H31NO5S/c1-37(35,36)27-15-13-25(14-16-27)24-11-8-23(9-12-24)21-30(18-3-2-4-19-30)29(34)31-26-7-5-6-22(20-26)10-17-28(32)33/h5-17,20H,2-4,18-19,21H2,1H3,(H,31,34)(H,32,33)/b17-10+. The second-order valence-corrected chi connectivity index (χ2v) is 11.8. The zero-order valence-corrected chi connectivity index (χ0v) is 21.6. The summed E-state index contributed by atoms with van der Waals surface area (Å²) in [5, 5.41) is 12.0. The average molecular weight is 518 g/mol. The largest absolute Gasteiger partial charge is 0.478 e. The maximum atomic E-state index is 13.6. The van der Waals surface area contributed by atoms with Crippen molar-refractivity contribution in [2.75, 3.05) is 11.6 Å². The number of aliphatic carboxylic acids is 1. The van der Waals surface area contributed by atoms with Gasteiger partial charge in [-0.1, -0.05) is 67.8 Å². The molecule has 4 rings (SSSR count). The first-order valence-electron chi connectivity index (χ1n) is 12.4. The lowest BCUT2D eigenvalue weighted by atomic mass is 9.69. The minimum Gasteiger partial charge on any atom is -0.478 e. The Morgan fingerprint density at radius 2 is 1.54 bits per heavy atom. The van der Waals surface area contributed by atoms with Crippen LogP contribution in [-0.2, 0) is 25.8 Å². The summed E-state index contributed by atoms with van der Waals surface area (Å²) in [6.07, 6.45) is 9.15. The summed E-state index contributed by atoms with van der Waals surface area (Å²) in [7, 11) is -3.24. The van der Waals surface area contributed by atoms with Gasteiger partial charge in [-0.25, -0.2) is 13.2 Å². The van der Waals surface area contributed by atoms with Gasteiger partial charge in [-0.05, 0) is 71.9 Å². The number of hydrogen-bond donors (Lipinski definition) is 2. The van der Waals surface area contributed by atoms with Crippen LogP contribution in [0, 0.1) is 5.41 Å². The molecule has 1 fully saturated rings. The number of hydrogen-bond acceptors (Lipinski definition) is 4. The number of carbonyl (C=O) groups excluding carboxylic acids is 1. The third kappa shape index (κ3) is 6.74. The smallest absolute Gasteiger partial charge is 0.328 e. The number of carboxylic acids is 1. The van der Waals surface area contributed by atoms with E-state index in [-0.39, 0.29) is 5.91 Å². The summed E-state index contributed by atoms with van der Waals surface area (Å²) in [6, 6.07) is 22.1. The molecule has 3 aromatic carbocycles. The molecule has 0 saturated heterocycles. The lowest BCUT2D eigenvalue weighted by Crippen LogP contribution is -2.40. The first-order chi connectivity index (χ1) is 17.6. The SMILES string of the molecule is CS(=O)(=O)c1ccc(-c2ccc(CC3(C(=O)Nc4cccc(/C=C/C(=O)O)c4)CCCCC3)cc2)cc1. The molecule has 0 spiro atoms.